The fraction of sp³-hybridized carbons (Fsp3) is 0.562. The lowest BCUT2D eigenvalue weighted by Crippen LogP contribution is -2.25. The molecule has 25 heavy (non-hydrogen) atoms. The smallest absolute Gasteiger partial charge is 0.404 e. The number of rotatable bonds is 6. The molecule has 1 saturated heterocycles. The van der Waals surface area contributed by atoms with Gasteiger partial charge in [0, 0.05) is 13.2 Å². The Labute approximate surface area is 162 Å². The van der Waals surface area contributed by atoms with E-state index in [0.29, 0.717) is 6.54 Å². The molecule has 0 saturated carbocycles. The average molecular weight is 473 g/mol. The van der Waals surface area contributed by atoms with Gasteiger partial charge in [-0.05, 0) is 44.2 Å². The fourth-order valence-electron chi connectivity index (χ4n) is 2.51. The zero-order valence-corrected chi connectivity index (χ0v) is 16.1. The largest absolute Gasteiger partial charge is 0.573 e. The highest BCUT2D eigenvalue weighted by Gasteiger charge is 2.32. The van der Waals surface area contributed by atoms with Crippen molar-refractivity contribution in [1.82, 2.24) is 0 Å². The van der Waals surface area contributed by atoms with Crippen LogP contribution in [0.5, 0.6) is 5.75 Å². The number of alkyl halides is 3. The summed E-state index contributed by atoms with van der Waals surface area (Å²) < 4.78 is 46.7. The monoisotopic (exact) mass is 473 g/mol. The predicted molar refractivity (Wildman–Crippen MR) is 101 cm³/mol. The molecule has 9 heteroatoms. The highest BCUT2D eigenvalue weighted by molar-refractivity contribution is 14.0. The van der Waals surface area contributed by atoms with Crippen molar-refractivity contribution in [2.45, 2.75) is 44.6 Å². The Balaban J connectivity index is 0.00000312. The lowest BCUT2D eigenvalue weighted by atomic mass is 10.1. The van der Waals surface area contributed by atoms with Crippen molar-refractivity contribution in [3.05, 3.63) is 24.3 Å². The number of benzene rings is 1. The molecule has 0 spiro atoms. The van der Waals surface area contributed by atoms with Gasteiger partial charge in [-0.25, -0.2) is 0 Å². The van der Waals surface area contributed by atoms with E-state index in [2.05, 4.69) is 15.0 Å². The first-order chi connectivity index (χ1) is 11.4. The molecule has 0 aromatic heterocycles. The standard InChI is InChI=1S/C16H22F3N3O2.HI/c17-16(18,19)24-14-9-2-1-8-13(14)22-15(20)21-10-5-7-12-6-3-4-11-23-12;/h1-2,8-9,12H,3-7,10-11H2,(H3,20,21,22);1H. The van der Waals surface area contributed by atoms with Crippen LogP contribution in [-0.4, -0.2) is 31.6 Å². The first-order valence-corrected chi connectivity index (χ1v) is 7.97. The van der Waals surface area contributed by atoms with Crippen LogP contribution in [0, 0.1) is 0 Å². The van der Waals surface area contributed by atoms with Crippen LogP contribution in [0.3, 0.4) is 0 Å². The first-order valence-electron chi connectivity index (χ1n) is 7.97. The van der Waals surface area contributed by atoms with Gasteiger partial charge >= 0.3 is 6.36 Å². The minimum Gasteiger partial charge on any atom is -0.404 e. The molecule has 0 aliphatic carbocycles. The number of nitrogens with one attached hydrogen (secondary N) is 1. The molecule has 1 unspecified atom stereocenters. The van der Waals surface area contributed by atoms with Crippen molar-refractivity contribution in [1.29, 1.82) is 0 Å². The quantitative estimate of drug-likeness (QED) is 0.280. The summed E-state index contributed by atoms with van der Waals surface area (Å²) in [5.41, 5.74) is 5.85. The second-order valence-electron chi connectivity index (χ2n) is 5.57. The van der Waals surface area contributed by atoms with E-state index in [-0.39, 0.29) is 47.5 Å². The lowest BCUT2D eigenvalue weighted by molar-refractivity contribution is -0.274. The lowest BCUT2D eigenvalue weighted by Gasteiger charge is -2.22. The number of nitrogens with zero attached hydrogens (tertiary/aromatic N) is 1. The van der Waals surface area contributed by atoms with Gasteiger partial charge in [-0.2, -0.15) is 0 Å². The summed E-state index contributed by atoms with van der Waals surface area (Å²) in [4.78, 5) is 4.13. The Morgan fingerprint density at radius 3 is 2.76 bits per heavy atom. The molecule has 1 fully saturated rings. The van der Waals surface area contributed by atoms with E-state index < -0.39 is 6.36 Å². The van der Waals surface area contributed by atoms with Gasteiger partial charge in [-0.1, -0.05) is 12.1 Å². The topological polar surface area (TPSA) is 68.9 Å². The molecule has 1 aromatic rings. The molecule has 1 aromatic carbocycles. The Morgan fingerprint density at radius 1 is 1.32 bits per heavy atom. The van der Waals surface area contributed by atoms with Gasteiger partial charge in [0.1, 0.15) is 0 Å². The van der Waals surface area contributed by atoms with Crippen molar-refractivity contribution in [3.63, 3.8) is 0 Å². The third-order valence-corrected chi connectivity index (χ3v) is 3.62. The fourth-order valence-corrected chi connectivity index (χ4v) is 2.51. The van der Waals surface area contributed by atoms with Crippen molar-refractivity contribution in [3.8, 4) is 5.75 Å². The molecular formula is C16H23F3IN3O2. The molecule has 1 aliphatic heterocycles. The van der Waals surface area contributed by atoms with Crippen molar-refractivity contribution in [2.24, 2.45) is 10.7 Å². The number of aliphatic imine (C=N–C) groups is 1. The van der Waals surface area contributed by atoms with Crippen LogP contribution in [0.1, 0.15) is 32.1 Å². The zero-order chi connectivity index (χ0) is 17.4. The van der Waals surface area contributed by atoms with E-state index >= 15 is 0 Å². The maximum atomic E-state index is 12.4. The van der Waals surface area contributed by atoms with E-state index in [4.69, 9.17) is 10.5 Å². The summed E-state index contributed by atoms with van der Waals surface area (Å²) >= 11 is 0. The van der Waals surface area contributed by atoms with Crippen molar-refractivity contribution < 1.29 is 22.6 Å². The highest BCUT2D eigenvalue weighted by atomic mass is 127. The Kier molecular flexibility index (Phi) is 9.33. The number of guanidine groups is 1. The van der Waals surface area contributed by atoms with Crippen molar-refractivity contribution >= 4 is 35.6 Å². The summed E-state index contributed by atoms with van der Waals surface area (Å²) in [5, 5.41) is 2.64. The minimum atomic E-state index is -4.76. The molecule has 1 heterocycles. The van der Waals surface area contributed by atoms with Crippen LogP contribution in [0.4, 0.5) is 18.9 Å². The van der Waals surface area contributed by atoms with Crippen LogP contribution in [0.25, 0.3) is 0 Å². The van der Waals surface area contributed by atoms with Gasteiger partial charge in [0.05, 0.1) is 11.8 Å². The molecule has 0 amide bonds. The minimum absolute atomic E-state index is 0. The molecule has 142 valence electrons. The van der Waals surface area contributed by atoms with Crippen LogP contribution in [0.15, 0.2) is 29.3 Å². The molecule has 1 aliphatic rings. The summed E-state index contributed by atoms with van der Waals surface area (Å²) in [6, 6.07) is 5.69. The molecule has 0 radical (unpaired) electrons. The number of hydrogen-bond acceptors (Lipinski definition) is 3. The van der Waals surface area contributed by atoms with Gasteiger partial charge in [0.25, 0.3) is 0 Å². The summed E-state index contributed by atoms with van der Waals surface area (Å²) in [6.07, 6.45) is 0.615. The molecular weight excluding hydrogens is 450 g/mol. The summed E-state index contributed by atoms with van der Waals surface area (Å²) in [6.45, 7) is 1.30. The van der Waals surface area contributed by atoms with E-state index in [1.807, 2.05) is 0 Å². The number of anilines is 1. The Morgan fingerprint density at radius 2 is 2.08 bits per heavy atom. The van der Waals surface area contributed by atoms with Crippen LogP contribution >= 0.6 is 24.0 Å². The summed E-state index contributed by atoms with van der Waals surface area (Å²) in [7, 11) is 0. The molecule has 5 nitrogen and oxygen atoms in total. The van der Waals surface area contributed by atoms with Gasteiger partial charge in [0.2, 0.25) is 0 Å². The highest BCUT2D eigenvalue weighted by Crippen LogP contribution is 2.29. The third kappa shape index (κ3) is 8.61. The van der Waals surface area contributed by atoms with Gasteiger partial charge in [0.15, 0.2) is 11.7 Å². The van der Waals surface area contributed by atoms with Crippen LogP contribution in [-0.2, 0) is 4.74 Å². The number of hydrogen-bond donors (Lipinski definition) is 2. The van der Waals surface area contributed by atoms with E-state index in [9.17, 15) is 13.2 Å². The number of halogens is 4. The number of para-hydroxylation sites is 2. The van der Waals surface area contributed by atoms with Gasteiger partial charge in [-0.3, -0.25) is 4.99 Å². The Hall–Kier alpha value is -1.23. The molecule has 0 bridgehead atoms. The van der Waals surface area contributed by atoms with E-state index in [0.717, 1.165) is 32.3 Å². The number of ether oxygens (including phenoxy) is 2. The van der Waals surface area contributed by atoms with Gasteiger partial charge in [-0.15, -0.1) is 37.1 Å². The molecule has 2 rings (SSSR count). The second kappa shape index (κ2) is 10.7. The molecule has 1 atom stereocenters. The second-order valence-corrected chi connectivity index (χ2v) is 5.57. The third-order valence-electron chi connectivity index (χ3n) is 3.62. The van der Waals surface area contributed by atoms with E-state index in [1.54, 1.807) is 6.07 Å². The zero-order valence-electron chi connectivity index (χ0n) is 13.7. The van der Waals surface area contributed by atoms with Gasteiger partial charge < -0.3 is 20.5 Å². The predicted octanol–water partition coefficient (Wildman–Crippen LogP) is 4.28. The molecule has 3 N–H and O–H groups in total. The normalized spacial score (nSPS) is 18.4. The Bertz CT molecular complexity index is 550. The maximum Gasteiger partial charge on any atom is 0.573 e. The average Bonchev–Trinajstić information content (AvgIpc) is 2.53. The van der Waals surface area contributed by atoms with E-state index in [1.165, 1.54) is 24.6 Å². The SMILES string of the molecule is I.NC(=NCCCC1CCCCO1)Nc1ccccc1OC(F)(F)F. The van der Waals surface area contributed by atoms with Crippen LogP contribution in [0.2, 0.25) is 0 Å². The van der Waals surface area contributed by atoms with Crippen LogP contribution < -0.4 is 15.8 Å². The van der Waals surface area contributed by atoms with Crippen molar-refractivity contribution in [2.75, 3.05) is 18.5 Å². The maximum absolute atomic E-state index is 12.4. The number of nitrogens with two attached hydrogens (primary N) is 1. The summed E-state index contributed by atoms with van der Waals surface area (Å²) in [5.74, 6) is -0.295. The first kappa shape index (κ1) is 21.8.